The largest absolute Gasteiger partial charge is 0.510 e. The van der Waals surface area contributed by atoms with Crippen LogP contribution in [0.2, 0.25) is 0 Å². The number of phenolic OH excluding ortho intramolecular Hbond substituents is 1. The zero-order valence-electron chi connectivity index (χ0n) is 21.1. The predicted octanol–water partition coefficient (Wildman–Crippen LogP) is 0.145. The molecular formula is C25H30N4O8. The monoisotopic (exact) mass is 514 g/mol. The molecule has 1 aromatic carbocycles. The van der Waals surface area contributed by atoms with Crippen molar-refractivity contribution in [1.82, 2.24) is 4.90 Å². The molecule has 0 heterocycles. The van der Waals surface area contributed by atoms with Gasteiger partial charge in [0.05, 0.1) is 17.3 Å². The average Bonchev–Trinajstić information content (AvgIpc) is 2.77. The maximum Gasteiger partial charge on any atom is 0.255 e. The second-order valence-corrected chi connectivity index (χ2v) is 10.2. The lowest BCUT2D eigenvalue weighted by Crippen LogP contribution is -2.63. The van der Waals surface area contributed by atoms with Crippen LogP contribution in [0, 0.1) is 11.8 Å². The van der Waals surface area contributed by atoms with E-state index < -0.39 is 69.7 Å². The second-order valence-electron chi connectivity index (χ2n) is 10.2. The molecule has 0 saturated heterocycles. The maximum absolute atomic E-state index is 13.8. The van der Waals surface area contributed by atoms with Crippen molar-refractivity contribution >= 4 is 34.8 Å². The van der Waals surface area contributed by atoms with Gasteiger partial charge in [0.15, 0.2) is 17.1 Å². The number of carbonyl (C=O) groups is 4. The number of allylic oxidation sites excluding steroid dienone is 1. The van der Waals surface area contributed by atoms with Gasteiger partial charge in [-0.1, -0.05) is 0 Å². The highest BCUT2D eigenvalue weighted by Gasteiger charge is 2.63. The first kappa shape index (κ1) is 26.2. The fourth-order valence-corrected chi connectivity index (χ4v) is 5.98. The summed E-state index contributed by atoms with van der Waals surface area (Å²) >= 11 is 0. The van der Waals surface area contributed by atoms with Gasteiger partial charge in [-0.05, 0) is 44.5 Å². The molecule has 3 aliphatic rings. The van der Waals surface area contributed by atoms with Gasteiger partial charge in [0.25, 0.3) is 5.91 Å². The molecule has 2 unspecified atom stereocenters. The molecule has 37 heavy (non-hydrogen) atoms. The van der Waals surface area contributed by atoms with Crippen molar-refractivity contribution in [3.05, 3.63) is 39.9 Å². The van der Waals surface area contributed by atoms with E-state index in [0.717, 1.165) is 0 Å². The number of nitrogens with two attached hydrogens (primary N) is 1. The number of anilines is 2. The molecule has 7 N–H and O–H groups in total. The van der Waals surface area contributed by atoms with E-state index in [1.54, 1.807) is 33.1 Å². The number of fused-ring (bicyclic) bond motifs is 3. The molecule has 0 fully saturated rings. The number of amides is 2. The lowest BCUT2D eigenvalue weighted by Gasteiger charge is -2.50. The molecule has 0 spiro atoms. The molecule has 0 saturated carbocycles. The number of likely N-dealkylation sites (N-methyl/N-ethyl adjacent to an activating group) is 1. The molecule has 1 aromatic rings. The Balaban J connectivity index is 1.99. The van der Waals surface area contributed by atoms with Crippen molar-refractivity contribution < 1.29 is 39.6 Å². The molecule has 0 bridgehead atoms. The number of carbonyl (C=O) groups excluding carboxylic acids is 4. The van der Waals surface area contributed by atoms with E-state index >= 15 is 0 Å². The zero-order chi connectivity index (χ0) is 27.7. The number of aromatic hydroxyl groups is 1. The quantitative estimate of drug-likeness (QED) is 0.238. The van der Waals surface area contributed by atoms with Gasteiger partial charge in [-0.3, -0.25) is 24.1 Å². The summed E-state index contributed by atoms with van der Waals surface area (Å²) in [5, 5.41) is 47.2. The van der Waals surface area contributed by atoms with Crippen molar-refractivity contribution in [1.29, 1.82) is 0 Å². The van der Waals surface area contributed by atoms with Crippen LogP contribution in [-0.4, -0.2) is 88.5 Å². The first-order valence-electron chi connectivity index (χ1n) is 11.6. The SMILES string of the molecule is CC(=O)Nc1cc(N(C)C)c2c(c1O)C(=O)C1=C(O)[C@]3(O)C(=O)C(C(N)=O)=C(O)[C@@H](N(C)C)C3CC1C2. The van der Waals surface area contributed by atoms with Gasteiger partial charge < -0.3 is 36.4 Å². The van der Waals surface area contributed by atoms with Gasteiger partial charge >= 0.3 is 0 Å². The number of nitrogens with one attached hydrogen (secondary N) is 1. The first-order chi connectivity index (χ1) is 17.1. The molecule has 3 aliphatic carbocycles. The van der Waals surface area contributed by atoms with E-state index in [2.05, 4.69) is 5.32 Å². The molecule has 0 aromatic heterocycles. The number of nitrogens with zero attached hydrogens (tertiary/aromatic N) is 2. The van der Waals surface area contributed by atoms with Crippen molar-refractivity contribution in [2.24, 2.45) is 17.6 Å². The van der Waals surface area contributed by atoms with E-state index in [1.807, 2.05) is 0 Å². The van der Waals surface area contributed by atoms with Crippen LogP contribution in [-0.2, 0) is 20.8 Å². The highest BCUT2D eigenvalue weighted by molar-refractivity contribution is 6.25. The third-order valence-corrected chi connectivity index (χ3v) is 7.49. The van der Waals surface area contributed by atoms with Gasteiger partial charge in [-0.15, -0.1) is 0 Å². The van der Waals surface area contributed by atoms with Crippen molar-refractivity contribution in [3.63, 3.8) is 0 Å². The highest BCUT2D eigenvalue weighted by Crippen LogP contribution is 2.53. The topological polar surface area (TPSA) is 194 Å². The Morgan fingerprint density at radius 3 is 2.27 bits per heavy atom. The molecule has 0 aliphatic heterocycles. The van der Waals surface area contributed by atoms with E-state index in [1.165, 1.54) is 17.9 Å². The van der Waals surface area contributed by atoms with E-state index in [-0.39, 0.29) is 29.7 Å². The summed E-state index contributed by atoms with van der Waals surface area (Å²) in [6.45, 7) is 1.24. The van der Waals surface area contributed by atoms with Crippen molar-refractivity contribution in [2.45, 2.75) is 31.4 Å². The van der Waals surface area contributed by atoms with Crippen LogP contribution >= 0.6 is 0 Å². The summed E-state index contributed by atoms with van der Waals surface area (Å²) in [7, 11) is 6.60. The Morgan fingerprint density at radius 2 is 1.76 bits per heavy atom. The van der Waals surface area contributed by atoms with Crippen LogP contribution in [0.25, 0.3) is 0 Å². The van der Waals surface area contributed by atoms with Gasteiger partial charge in [0, 0.05) is 38.2 Å². The van der Waals surface area contributed by atoms with Gasteiger partial charge in [-0.2, -0.15) is 0 Å². The summed E-state index contributed by atoms with van der Waals surface area (Å²) in [4.78, 5) is 54.1. The summed E-state index contributed by atoms with van der Waals surface area (Å²) in [6.07, 6.45) is 0.142. The predicted molar refractivity (Wildman–Crippen MR) is 132 cm³/mol. The second kappa shape index (κ2) is 8.60. The number of rotatable bonds is 4. The first-order valence-corrected chi connectivity index (χ1v) is 11.6. The molecule has 0 radical (unpaired) electrons. The number of hydrogen-bond acceptors (Lipinski definition) is 10. The minimum atomic E-state index is -2.71. The third kappa shape index (κ3) is 3.58. The van der Waals surface area contributed by atoms with E-state index in [9.17, 15) is 39.6 Å². The highest BCUT2D eigenvalue weighted by atomic mass is 16.3. The van der Waals surface area contributed by atoms with Crippen LogP contribution in [0.5, 0.6) is 5.75 Å². The number of Topliss-reactive ketones (excluding diaryl/α,β-unsaturated/α-hetero) is 2. The van der Waals surface area contributed by atoms with Crippen molar-refractivity contribution in [2.75, 3.05) is 38.4 Å². The molecule has 4 atom stereocenters. The Morgan fingerprint density at radius 1 is 1.14 bits per heavy atom. The summed E-state index contributed by atoms with van der Waals surface area (Å²) < 4.78 is 0. The van der Waals surface area contributed by atoms with Crippen LogP contribution in [0.3, 0.4) is 0 Å². The summed E-state index contributed by atoms with van der Waals surface area (Å²) in [5.41, 5.74) is 2.33. The Hall–Kier alpha value is -3.90. The fraction of sp³-hybridized carbons (Fsp3) is 0.440. The molecule has 2 amide bonds. The number of hydrogen-bond donors (Lipinski definition) is 6. The van der Waals surface area contributed by atoms with Crippen LogP contribution in [0.1, 0.15) is 29.3 Å². The molecule has 12 nitrogen and oxygen atoms in total. The normalized spacial score (nSPS) is 27.1. The summed E-state index contributed by atoms with van der Waals surface area (Å²) in [6, 6.07) is 0.478. The minimum absolute atomic E-state index is 0.00710. The minimum Gasteiger partial charge on any atom is -0.510 e. The Kier molecular flexibility index (Phi) is 6.08. The zero-order valence-corrected chi connectivity index (χ0v) is 21.1. The van der Waals surface area contributed by atoms with E-state index in [0.29, 0.717) is 11.3 Å². The maximum atomic E-state index is 13.8. The van der Waals surface area contributed by atoms with Crippen LogP contribution in [0.15, 0.2) is 28.7 Å². The molecular weight excluding hydrogens is 484 g/mol. The Labute approximate surface area is 212 Å². The number of ketones is 2. The molecule has 12 heteroatoms. The standard InChI is InChI=1S/C25H30N4O8/c1-9(30)27-13-8-14(28(2)3)11-6-10-7-12-18(29(4)5)21(33)17(24(26)36)23(35)25(12,37)22(34)15(10)20(32)16(11)19(13)31/h8,10,12,18,31,33-34,37H,6-7H2,1-5H3,(H2,26,36)(H,27,30)/t10?,12?,18-,25-/m0/s1. The third-order valence-electron chi connectivity index (χ3n) is 7.49. The lowest BCUT2D eigenvalue weighted by molar-refractivity contribution is -0.148. The number of phenols is 1. The number of aliphatic hydroxyl groups excluding tert-OH is 2. The van der Waals surface area contributed by atoms with E-state index in [4.69, 9.17) is 5.73 Å². The smallest absolute Gasteiger partial charge is 0.255 e. The lowest BCUT2D eigenvalue weighted by atomic mass is 9.58. The fourth-order valence-electron chi connectivity index (χ4n) is 5.98. The molecule has 198 valence electrons. The molecule has 4 rings (SSSR count). The van der Waals surface area contributed by atoms with Crippen LogP contribution in [0.4, 0.5) is 11.4 Å². The van der Waals surface area contributed by atoms with Crippen LogP contribution < -0.4 is 16.0 Å². The Bertz CT molecular complexity index is 1330. The van der Waals surface area contributed by atoms with Gasteiger partial charge in [0.1, 0.15) is 17.1 Å². The summed E-state index contributed by atoms with van der Waals surface area (Å²) in [5.74, 6) is -7.74. The number of primary amides is 1. The number of benzene rings is 1. The van der Waals surface area contributed by atoms with Gasteiger partial charge in [0.2, 0.25) is 11.7 Å². The van der Waals surface area contributed by atoms with Crippen molar-refractivity contribution in [3.8, 4) is 5.75 Å². The number of aliphatic hydroxyl groups is 3. The average molecular weight is 515 g/mol. The van der Waals surface area contributed by atoms with Gasteiger partial charge in [-0.25, -0.2) is 0 Å².